The van der Waals surface area contributed by atoms with Crippen LogP contribution in [0.5, 0.6) is 5.75 Å². The maximum absolute atomic E-state index is 13.4. The van der Waals surface area contributed by atoms with Crippen LogP contribution in [0.3, 0.4) is 0 Å². The summed E-state index contributed by atoms with van der Waals surface area (Å²) in [5.74, 6) is 0.244. The molecule has 0 radical (unpaired) electrons. The molecule has 1 heterocycles. The molecule has 1 aliphatic rings. The topological polar surface area (TPSA) is 96.0 Å². The van der Waals surface area contributed by atoms with Gasteiger partial charge in [-0.15, -0.1) is 0 Å². The number of hydrogen-bond donors (Lipinski definition) is 1. The van der Waals surface area contributed by atoms with Crippen molar-refractivity contribution in [2.45, 2.75) is 24.8 Å². The Kier molecular flexibility index (Phi) is 6.56. The lowest BCUT2D eigenvalue weighted by Gasteiger charge is -2.35. The number of amides is 3. The number of anilines is 2. The SMILES string of the molecule is CCc1ccc(N2C(=O)N(CC(=O)NCc3cccc(OC)c3)c3ccccc3S2(=O)=O)cc1. The van der Waals surface area contributed by atoms with Crippen LogP contribution in [0.4, 0.5) is 16.2 Å². The van der Waals surface area contributed by atoms with Crippen molar-refractivity contribution in [3.05, 3.63) is 83.9 Å². The van der Waals surface area contributed by atoms with Crippen molar-refractivity contribution in [1.29, 1.82) is 0 Å². The Bertz CT molecular complexity index is 1320. The van der Waals surface area contributed by atoms with Gasteiger partial charge in [0.1, 0.15) is 17.2 Å². The van der Waals surface area contributed by atoms with Crippen molar-refractivity contribution >= 4 is 33.3 Å². The molecule has 1 N–H and O–H groups in total. The summed E-state index contributed by atoms with van der Waals surface area (Å²) < 4.78 is 32.6. The highest BCUT2D eigenvalue weighted by atomic mass is 32.2. The molecular formula is C25H25N3O5S. The van der Waals surface area contributed by atoms with Crippen LogP contribution < -0.4 is 19.3 Å². The fraction of sp³-hybridized carbons (Fsp3) is 0.200. The van der Waals surface area contributed by atoms with Gasteiger partial charge >= 0.3 is 6.03 Å². The first-order chi connectivity index (χ1) is 16.3. The van der Waals surface area contributed by atoms with Crippen LogP contribution in [0.1, 0.15) is 18.1 Å². The van der Waals surface area contributed by atoms with Crippen LogP contribution in [0.25, 0.3) is 0 Å². The van der Waals surface area contributed by atoms with Gasteiger partial charge in [0.2, 0.25) is 5.91 Å². The summed E-state index contributed by atoms with van der Waals surface area (Å²) in [7, 11) is -2.58. The first kappa shape index (κ1) is 23.3. The first-order valence-corrected chi connectivity index (χ1v) is 12.2. The minimum absolute atomic E-state index is 0.0326. The minimum atomic E-state index is -4.14. The van der Waals surface area contributed by atoms with Crippen molar-refractivity contribution in [2.24, 2.45) is 0 Å². The number of aryl methyl sites for hydroxylation is 1. The van der Waals surface area contributed by atoms with Gasteiger partial charge in [-0.3, -0.25) is 9.69 Å². The van der Waals surface area contributed by atoms with E-state index in [-0.39, 0.29) is 29.4 Å². The highest BCUT2D eigenvalue weighted by Gasteiger charge is 2.42. The Labute approximate surface area is 198 Å². The number of fused-ring (bicyclic) bond motifs is 1. The average molecular weight is 480 g/mol. The molecule has 1 aliphatic heterocycles. The maximum Gasteiger partial charge on any atom is 0.343 e. The fourth-order valence-corrected chi connectivity index (χ4v) is 5.36. The van der Waals surface area contributed by atoms with Gasteiger partial charge in [-0.25, -0.2) is 13.2 Å². The highest BCUT2D eigenvalue weighted by Crippen LogP contribution is 2.37. The fourth-order valence-electron chi connectivity index (χ4n) is 3.76. The zero-order valence-corrected chi connectivity index (χ0v) is 19.7. The van der Waals surface area contributed by atoms with Crippen LogP contribution in [0.2, 0.25) is 0 Å². The number of urea groups is 1. The van der Waals surface area contributed by atoms with Gasteiger partial charge in [0.25, 0.3) is 10.0 Å². The molecule has 176 valence electrons. The normalized spacial score (nSPS) is 14.5. The van der Waals surface area contributed by atoms with Crippen LogP contribution >= 0.6 is 0 Å². The summed E-state index contributed by atoms with van der Waals surface area (Å²) in [5.41, 5.74) is 2.24. The summed E-state index contributed by atoms with van der Waals surface area (Å²) in [6, 6.07) is 19.4. The molecule has 3 aromatic rings. The van der Waals surface area contributed by atoms with E-state index < -0.39 is 22.0 Å². The van der Waals surface area contributed by atoms with Crippen LogP contribution in [-0.2, 0) is 27.8 Å². The zero-order valence-electron chi connectivity index (χ0n) is 18.9. The third kappa shape index (κ3) is 4.47. The van der Waals surface area contributed by atoms with Crippen LogP contribution in [0, 0.1) is 0 Å². The number of ether oxygens (including phenoxy) is 1. The van der Waals surface area contributed by atoms with Gasteiger partial charge in [-0.2, -0.15) is 4.31 Å². The van der Waals surface area contributed by atoms with E-state index in [2.05, 4.69) is 5.32 Å². The monoisotopic (exact) mass is 479 g/mol. The molecule has 34 heavy (non-hydrogen) atoms. The number of nitrogens with one attached hydrogen (secondary N) is 1. The smallest absolute Gasteiger partial charge is 0.343 e. The second-order valence-corrected chi connectivity index (χ2v) is 9.51. The number of methoxy groups -OCH3 is 1. The molecule has 3 amide bonds. The lowest BCUT2D eigenvalue weighted by atomic mass is 10.1. The zero-order chi connectivity index (χ0) is 24.3. The van der Waals surface area contributed by atoms with Crippen molar-refractivity contribution in [2.75, 3.05) is 22.9 Å². The lowest BCUT2D eigenvalue weighted by Crippen LogP contribution is -2.53. The quantitative estimate of drug-likeness (QED) is 0.557. The summed E-state index contributed by atoms with van der Waals surface area (Å²) in [4.78, 5) is 27.4. The largest absolute Gasteiger partial charge is 0.497 e. The molecule has 0 spiro atoms. The third-order valence-corrected chi connectivity index (χ3v) is 7.33. The summed E-state index contributed by atoms with van der Waals surface area (Å²) in [6.07, 6.45) is 0.781. The molecule has 0 bridgehead atoms. The lowest BCUT2D eigenvalue weighted by molar-refractivity contribution is -0.119. The van der Waals surface area contributed by atoms with Gasteiger partial charge in [0.15, 0.2) is 0 Å². The number of carbonyl (C=O) groups is 2. The van der Waals surface area contributed by atoms with E-state index in [1.165, 1.54) is 17.0 Å². The summed E-state index contributed by atoms with van der Waals surface area (Å²) >= 11 is 0. The van der Waals surface area contributed by atoms with Crippen molar-refractivity contribution in [3.8, 4) is 5.75 Å². The Morgan fingerprint density at radius 2 is 1.71 bits per heavy atom. The Morgan fingerprint density at radius 1 is 0.971 bits per heavy atom. The second-order valence-electron chi connectivity index (χ2n) is 7.75. The molecule has 0 aliphatic carbocycles. The number of rotatable bonds is 7. The standard InChI is InChI=1S/C25H25N3O5S/c1-3-18-11-13-20(14-12-18)28-25(30)27(22-9-4-5-10-23(22)34(28,31)32)17-24(29)26-16-19-7-6-8-21(15-19)33-2/h4-15H,3,16-17H2,1-2H3,(H,26,29). The molecule has 0 fully saturated rings. The third-order valence-electron chi connectivity index (χ3n) is 5.58. The number of nitrogens with zero attached hydrogens (tertiary/aromatic N) is 2. The first-order valence-electron chi connectivity index (χ1n) is 10.8. The second kappa shape index (κ2) is 9.56. The molecule has 0 aromatic heterocycles. The Balaban J connectivity index is 1.61. The average Bonchev–Trinajstić information content (AvgIpc) is 2.86. The molecule has 0 atom stereocenters. The number of para-hydroxylation sites is 1. The van der Waals surface area contributed by atoms with E-state index in [1.807, 2.05) is 19.1 Å². The van der Waals surface area contributed by atoms with Crippen molar-refractivity contribution < 1.29 is 22.7 Å². The van der Waals surface area contributed by atoms with Gasteiger partial charge in [0, 0.05) is 6.54 Å². The predicted octanol–water partition coefficient (Wildman–Crippen LogP) is 3.71. The number of sulfonamides is 1. The van der Waals surface area contributed by atoms with Gasteiger partial charge in [0.05, 0.1) is 18.5 Å². The van der Waals surface area contributed by atoms with E-state index in [4.69, 9.17) is 4.74 Å². The number of hydrogen-bond acceptors (Lipinski definition) is 5. The summed E-state index contributed by atoms with van der Waals surface area (Å²) in [5, 5.41) is 2.78. The predicted molar refractivity (Wildman–Crippen MR) is 130 cm³/mol. The summed E-state index contributed by atoms with van der Waals surface area (Å²) in [6.45, 7) is 1.89. The van der Waals surface area contributed by atoms with E-state index in [0.29, 0.717) is 5.75 Å². The van der Waals surface area contributed by atoms with Gasteiger partial charge < -0.3 is 10.1 Å². The molecule has 4 rings (SSSR count). The van der Waals surface area contributed by atoms with Crippen molar-refractivity contribution in [1.82, 2.24) is 5.32 Å². The van der Waals surface area contributed by atoms with Crippen LogP contribution in [0.15, 0.2) is 77.7 Å². The number of carbonyl (C=O) groups excluding carboxylic acids is 2. The van der Waals surface area contributed by atoms with Crippen molar-refractivity contribution in [3.63, 3.8) is 0 Å². The molecule has 8 nitrogen and oxygen atoms in total. The molecule has 0 saturated heterocycles. The van der Waals surface area contributed by atoms with E-state index in [9.17, 15) is 18.0 Å². The highest BCUT2D eigenvalue weighted by molar-refractivity contribution is 7.94. The molecule has 9 heteroatoms. The van der Waals surface area contributed by atoms with E-state index >= 15 is 0 Å². The number of benzene rings is 3. The maximum atomic E-state index is 13.4. The van der Waals surface area contributed by atoms with Gasteiger partial charge in [-0.1, -0.05) is 43.3 Å². The molecular weight excluding hydrogens is 454 g/mol. The molecule has 3 aromatic carbocycles. The van der Waals surface area contributed by atoms with E-state index in [0.717, 1.165) is 21.9 Å². The minimum Gasteiger partial charge on any atom is -0.497 e. The Morgan fingerprint density at radius 3 is 2.41 bits per heavy atom. The molecule has 0 saturated carbocycles. The Hall–Kier alpha value is -3.85. The van der Waals surface area contributed by atoms with Crippen LogP contribution in [-0.4, -0.2) is 34.0 Å². The van der Waals surface area contributed by atoms with E-state index in [1.54, 1.807) is 55.6 Å². The van der Waals surface area contributed by atoms with Gasteiger partial charge in [-0.05, 0) is 53.9 Å². The molecule has 0 unspecified atom stereocenters.